The number of aliphatic hydroxyl groups is 1. The van der Waals surface area contributed by atoms with Crippen LogP contribution in [0.5, 0.6) is 0 Å². The van der Waals surface area contributed by atoms with E-state index in [0.29, 0.717) is 15.7 Å². The Balaban J connectivity index is 2.55. The Bertz CT molecular complexity index is 694. The van der Waals surface area contributed by atoms with Crippen molar-refractivity contribution in [2.24, 2.45) is 0 Å². The molecule has 1 amide bonds. The first kappa shape index (κ1) is 16.9. The van der Waals surface area contributed by atoms with Gasteiger partial charge < -0.3 is 10.2 Å². The van der Waals surface area contributed by atoms with Crippen molar-refractivity contribution in [2.45, 2.75) is 32.9 Å². The van der Waals surface area contributed by atoms with Gasteiger partial charge in [-0.2, -0.15) is 0 Å². The van der Waals surface area contributed by atoms with E-state index in [4.69, 9.17) is 0 Å². The number of anilines is 1. The molecule has 1 heterocycles. The van der Waals surface area contributed by atoms with E-state index in [1.54, 1.807) is 20.8 Å². The maximum Gasteiger partial charge on any atom is 0.414 e. The lowest BCUT2D eigenvalue weighted by Gasteiger charge is -2.30. The number of aromatic nitrogens is 1. The molecule has 0 atom stereocenters. The highest BCUT2D eigenvalue weighted by Gasteiger charge is 2.31. The molecule has 0 radical (unpaired) electrons. The van der Waals surface area contributed by atoms with Crippen LogP contribution >= 0.6 is 27.3 Å². The number of nitrogens with zero attached hydrogens (tertiary/aromatic N) is 2. The lowest BCUT2D eigenvalue weighted by molar-refractivity contribution is 0.195. The zero-order valence-corrected chi connectivity index (χ0v) is 14.9. The fourth-order valence-electron chi connectivity index (χ4n) is 2.06. The summed E-state index contributed by atoms with van der Waals surface area (Å²) in [5.41, 5.74) is 0.824. The molecule has 0 bridgehead atoms. The van der Waals surface area contributed by atoms with E-state index in [1.165, 1.54) is 16.2 Å². The number of amides is 1. The van der Waals surface area contributed by atoms with Crippen molar-refractivity contribution in [2.75, 3.05) is 4.90 Å². The van der Waals surface area contributed by atoms with Crippen LogP contribution in [-0.2, 0) is 6.61 Å². The van der Waals surface area contributed by atoms with Gasteiger partial charge in [0.05, 0.1) is 17.2 Å². The Labute approximate surface area is 141 Å². The SMILES string of the molecule is CC(C)(C)N(C(=O)O)c1nc(-c2cccc(Br)c2)c(CO)s1. The van der Waals surface area contributed by atoms with Crippen LogP contribution in [0.1, 0.15) is 25.6 Å². The van der Waals surface area contributed by atoms with E-state index in [1.807, 2.05) is 24.3 Å². The molecule has 0 saturated carbocycles. The Morgan fingerprint density at radius 3 is 2.59 bits per heavy atom. The molecular weight excluding hydrogens is 368 g/mol. The standard InChI is InChI=1S/C15H17BrN2O3S/c1-15(2,3)18(14(20)21)13-17-12(11(8-19)22-13)9-5-4-6-10(16)7-9/h4-7,19H,8H2,1-3H3,(H,20,21). The quantitative estimate of drug-likeness (QED) is 0.824. The molecule has 0 spiro atoms. The van der Waals surface area contributed by atoms with Gasteiger partial charge in [-0.15, -0.1) is 0 Å². The number of aliphatic hydroxyl groups excluding tert-OH is 1. The molecule has 0 aliphatic heterocycles. The molecule has 0 aliphatic carbocycles. The summed E-state index contributed by atoms with van der Waals surface area (Å²) in [7, 11) is 0. The number of carboxylic acid groups (broad SMARTS) is 1. The number of benzene rings is 1. The molecule has 1 aromatic heterocycles. The molecule has 0 aliphatic rings. The molecular formula is C15H17BrN2O3S. The van der Waals surface area contributed by atoms with Crippen molar-refractivity contribution < 1.29 is 15.0 Å². The summed E-state index contributed by atoms with van der Waals surface area (Å²) < 4.78 is 0.898. The van der Waals surface area contributed by atoms with Crippen molar-refractivity contribution in [3.8, 4) is 11.3 Å². The summed E-state index contributed by atoms with van der Waals surface area (Å²) in [6.45, 7) is 5.23. The van der Waals surface area contributed by atoms with Gasteiger partial charge in [0.1, 0.15) is 0 Å². The van der Waals surface area contributed by atoms with Crippen molar-refractivity contribution in [1.82, 2.24) is 4.98 Å². The summed E-state index contributed by atoms with van der Waals surface area (Å²) in [6, 6.07) is 7.54. The number of hydrogen-bond donors (Lipinski definition) is 2. The van der Waals surface area contributed by atoms with Gasteiger partial charge in [-0.1, -0.05) is 39.4 Å². The monoisotopic (exact) mass is 384 g/mol. The highest BCUT2D eigenvalue weighted by Crippen LogP contribution is 2.36. The van der Waals surface area contributed by atoms with Gasteiger partial charge in [0.25, 0.3) is 0 Å². The van der Waals surface area contributed by atoms with Crippen molar-refractivity contribution in [3.63, 3.8) is 0 Å². The molecule has 7 heteroatoms. The minimum Gasteiger partial charge on any atom is -0.465 e. The first-order valence-corrected chi connectivity index (χ1v) is 8.24. The maximum atomic E-state index is 11.6. The van der Waals surface area contributed by atoms with Crippen LogP contribution in [0.15, 0.2) is 28.7 Å². The average molecular weight is 385 g/mol. The summed E-state index contributed by atoms with van der Waals surface area (Å²) >= 11 is 4.60. The zero-order chi connectivity index (χ0) is 16.5. The second kappa shape index (κ2) is 6.36. The van der Waals surface area contributed by atoms with Gasteiger partial charge in [-0.05, 0) is 32.9 Å². The Kier molecular flexibility index (Phi) is 4.89. The van der Waals surface area contributed by atoms with E-state index < -0.39 is 11.6 Å². The van der Waals surface area contributed by atoms with Crippen LogP contribution in [-0.4, -0.2) is 26.8 Å². The third-order valence-corrected chi connectivity index (χ3v) is 4.50. The predicted octanol–water partition coefficient (Wildman–Crippen LogP) is 4.35. The fourth-order valence-corrected chi connectivity index (χ4v) is 3.58. The molecule has 0 unspecified atom stereocenters. The molecule has 2 aromatic rings. The van der Waals surface area contributed by atoms with Crippen LogP contribution < -0.4 is 4.90 Å². The zero-order valence-electron chi connectivity index (χ0n) is 12.5. The summed E-state index contributed by atoms with van der Waals surface area (Å²) in [5.74, 6) is 0. The number of rotatable bonds is 3. The van der Waals surface area contributed by atoms with Gasteiger partial charge in [-0.25, -0.2) is 14.7 Å². The second-order valence-electron chi connectivity index (χ2n) is 5.73. The van der Waals surface area contributed by atoms with E-state index in [0.717, 1.165) is 10.0 Å². The molecule has 0 fully saturated rings. The molecule has 0 saturated heterocycles. The molecule has 1 aromatic carbocycles. The van der Waals surface area contributed by atoms with E-state index in [9.17, 15) is 15.0 Å². The summed E-state index contributed by atoms with van der Waals surface area (Å²) in [6.07, 6.45) is -1.06. The first-order valence-electron chi connectivity index (χ1n) is 6.63. The molecule has 118 valence electrons. The second-order valence-corrected chi connectivity index (χ2v) is 7.70. The van der Waals surface area contributed by atoms with E-state index in [2.05, 4.69) is 20.9 Å². The Hall–Kier alpha value is -1.44. The highest BCUT2D eigenvalue weighted by atomic mass is 79.9. The van der Waals surface area contributed by atoms with Crippen molar-refractivity contribution in [3.05, 3.63) is 33.6 Å². The van der Waals surface area contributed by atoms with Crippen LogP contribution in [0.3, 0.4) is 0 Å². The summed E-state index contributed by atoms with van der Waals surface area (Å²) in [4.78, 5) is 17.9. The van der Waals surface area contributed by atoms with Crippen LogP contribution in [0.25, 0.3) is 11.3 Å². The normalized spacial score (nSPS) is 11.5. The first-order chi connectivity index (χ1) is 10.2. The summed E-state index contributed by atoms with van der Waals surface area (Å²) in [5, 5.41) is 19.4. The number of halogens is 1. The molecule has 5 nitrogen and oxygen atoms in total. The maximum absolute atomic E-state index is 11.6. The molecule has 2 rings (SSSR count). The lowest BCUT2D eigenvalue weighted by Crippen LogP contribution is -2.45. The lowest BCUT2D eigenvalue weighted by atomic mass is 10.1. The van der Waals surface area contributed by atoms with Crippen molar-refractivity contribution >= 4 is 38.5 Å². The minimum absolute atomic E-state index is 0.183. The van der Waals surface area contributed by atoms with Gasteiger partial charge in [0.2, 0.25) is 0 Å². The molecule has 22 heavy (non-hydrogen) atoms. The Morgan fingerprint density at radius 2 is 2.09 bits per heavy atom. The van der Waals surface area contributed by atoms with Gasteiger partial charge >= 0.3 is 6.09 Å². The third-order valence-electron chi connectivity index (χ3n) is 2.98. The molecule has 2 N–H and O–H groups in total. The van der Waals surface area contributed by atoms with Gasteiger partial charge in [0.15, 0.2) is 5.13 Å². The van der Waals surface area contributed by atoms with Crippen LogP contribution in [0.4, 0.5) is 9.93 Å². The average Bonchev–Trinajstić information content (AvgIpc) is 2.80. The smallest absolute Gasteiger partial charge is 0.414 e. The van der Waals surface area contributed by atoms with Crippen LogP contribution in [0, 0.1) is 0 Å². The highest BCUT2D eigenvalue weighted by molar-refractivity contribution is 9.10. The van der Waals surface area contributed by atoms with Crippen LogP contribution in [0.2, 0.25) is 0 Å². The van der Waals surface area contributed by atoms with E-state index in [-0.39, 0.29) is 6.61 Å². The minimum atomic E-state index is -1.06. The van der Waals surface area contributed by atoms with Crippen molar-refractivity contribution in [1.29, 1.82) is 0 Å². The van der Waals surface area contributed by atoms with E-state index >= 15 is 0 Å². The van der Waals surface area contributed by atoms with Gasteiger partial charge in [-0.3, -0.25) is 0 Å². The topological polar surface area (TPSA) is 73.7 Å². The Morgan fingerprint density at radius 1 is 1.41 bits per heavy atom. The number of thiazole rings is 1. The predicted molar refractivity (Wildman–Crippen MR) is 91.4 cm³/mol. The fraction of sp³-hybridized carbons (Fsp3) is 0.333. The third kappa shape index (κ3) is 3.48. The number of carbonyl (C=O) groups is 1. The largest absolute Gasteiger partial charge is 0.465 e. The number of hydrogen-bond acceptors (Lipinski definition) is 4. The van der Waals surface area contributed by atoms with Gasteiger partial charge in [0, 0.05) is 15.6 Å².